The molecule has 0 aromatic heterocycles. The second-order valence-corrected chi connectivity index (χ2v) is 8.04. The van der Waals surface area contributed by atoms with Gasteiger partial charge in [0.1, 0.15) is 12.6 Å². The molecule has 164 valence electrons. The smallest absolute Gasteiger partial charge is 0.410 e. The van der Waals surface area contributed by atoms with E-state index in [-0.39, 0.29) is 18.9 Å². The van der Waals surface area contributed by atoms with Crippen LogP contribution in [0.5, 0.6) is 0 Å². The molecule has 5 heteroatoms. The van der Waals surface area contributed by atoms with E-state index in [1.807, 2.05) is 61.5 Å². The molecular weight excluding hydrogens is 402 g/mol. The molecule has 0 aliphatic heterocycles. The highest BCUT2D eigenvalue weighted by molar-refractivity contribution is 5.81. The lowest BCUT2D eigenvalue weighted by molar-refractivity contribution is -0.142. The Morgan fingerprint density at radius 1 is 0.906 bits per heavy atom. The number of carbonyl (C=O) groups excluding carboxylic acids is 1. The monoisotopic (exact) mass is 429 g/mol. The Bertz CT molecular complexity index is 1050. The molecule has 0 fully saturated rings. The third-order valence-electron chi connectivity index (χ3n) is 5.97. The van der Waals surface area contributed by atoms with Gasteiger partial charge < -0.3 is 9.84 Å². The van der Waals surface area contributed by atoms with Gasteiger partial charge in [0.2, 0.25) is 0 Å². The fourth-order valence-corrected chi connectivity index (χ4v) is 4.46. The van der Waals surface area contributed by atoms with E-state index in [0.717, 1.165) is 27.8 Å². The van der Waals surface area contributed by atoms with Gasteiger partial charge in [0.05, 0.1) is 0 Å². The average Bonchev–Trinajstić information content (AvgIpc) is 3.14. The number of hydrogen-bond acceptors (Lipinski definition) is 3. The van der Waals surface area contributed by atoms with Gasteiger partial charge in [-0.3, -0.25) is 4.90 Å². The molecule has 32 heavy (non-hydrogen) atoms. The number of ether oxygens (including phenoxy) is 1. The number of carboxylic acid groups (broad SMARTS) is 1. The molecule has 0 saturated heterocycles. The molecule has 1 aliphatic rings. The Kier molecular flexibility index (Phi) is 6.55. The lowest BCUT2D eigenvalue weighted by Gasteiger charge is -2.28. The van der Waals surface area contributed by atoms with E-state index < -0.39 is 18.1 Å². The minimum Gasteiger partial charge on any atom is -0.480 e. The third kappa shape index (κ3) is 4.37. The van der Waals surface area contributed by atoms with E-state index in [1.165, 1.54) is 4.90 Å². The van der Waals surface area contributed by atoms with Crippen LogP contribution in [0.4, 0.5) is 4.79 Å². The zero-order chi connectivity index (χ0) is 22.5. The van der Waals surface area contributed by atoms with Crippen molar-refractivity contribution in [3.63, 3.8) is 0 Å². The Hall–Kier alpha value is -3.60. The summed E-state index contributed by atoms with van der Waals surface area (Å²) in [5.74, 6) is -1.09. The number of carboxylic acids is 1. The number of hydrogen-bond donors (Lipinski definition) is 1. The van der Waals surface area contributed by atoms with Gasteiger partial charge in [-0.05, 0) is 34.2 Å². The second-order valence-electron chi connectivity index (χ2n) is 8.04. The molecule has 0 radical (unpaired) electrons. The van der Waals surface area contributed by atoms with Crippen LogP contribution in [0.1, 0.15) is 36.0 Å². The summed E-state index contributed by atoms with van der Waals surface area (Å²) in [6.45, 7) is 2.41. The molecule has 0 spiro atoms. The van der Waals surface area contributed by atoms with Crippen LogP contribution in [-0.4, -0.2) is 41.3 Å². The molecule has 0 bridgehead atoms. The summed E-state index contributed by atoms with van der Waals surface area (Å²) in [6, 6.07) is 24.7. The van der Waals surface area contributed by atoms with Crippen molar-refractivity contribution >= 4 is 12.1 Å². The molecular formula is C27H27NO4. The Labute approximate surface area is 188 Å². The standard InChI is InChI=1S/C27H27NO4/c1-2-16-28(25(26(29)30)17-19-10-4-3-5-11-19)27(31)32-18-24-22-14-8-6-12-20(22)21-13-7-9-15-23(21)24/h3-15,24-25H,2,16-18H2,1H3,(H,29,30)/t25-/m1/s1. The quantitative estimate of drug-likeness (QED) is 0.525. The number of carbonyl (C=O) groups is 2. The lowest BCUT2D eigenvalue weighted by Crippen LogP contribution is -2.47. The maximum atomic E-state index is 13.1. The van der Waals surface area contributed by atoms with Crippen molar-refractivity contribution in [2.45, 2.75) is 31.7 Å². The molecule has 4 rings (SSSR count). The molecule has 3 aromatic rings. The number of rotatable bonds is 8. The molecule has 0 saturated carbocycles. The van der Waals surface area contributed by atoms with Gasteiger partial charge in [-0.25, -0.2) is 9.59 Å². The van der Waals surface area contributed by atoms with Crippen molar-refractivity contribution in [1.82, 2.24) is 4.90 Å². The lowest BCUT2D eigenvalue weighted by atomic mass is 9.98. The van der Waals surface area contributed by atoms with Gasteiger partial charge in [0.25, 0.3) is 0 Å². The van der Waals surface area contributed by atoms with Gasteiger partial charge in [-0.15, -0.1) is 0 Å². The van der Waals surface area contributed by atoms with Gasteiger partial charge in [-0.1, -0.05) is 85.8 Å². The number of benzene rings is 3. The minimum absolute atomic E-state index is 0.0628. The van der Waals surface area contributed by atoms with Crippen LogP contribution in [0.25, 0.3) is 11.1 Å². The van der Waals surface area contributed by atoms with Crippen LogP contribution in [0.15, 0.2) is 78.9 Å². The Morgan fingerprint density at radius 3 is 2.03 bits per heavy atom. The first kappa shape index (κ1) is 21.6. The fraction of sp³-hybridized carbons (Fsp3) is 0.259. The second kappa shape index (κ2) is 9.69. The van der Waals surface area contributed by atoms with E-state index in [9.17, 15) is 14.7 Å². The van der Waals surface area contributed by atoms with Crippen molar-refractivity contribution in [1.29, 1.82) is 0 Å². The summed E-state index contributed by atoms with van der Waals surface area (Å²) in [6.07, 6.45) is 0.292. The van der Waals surface area contributed by atoms with E-state index >= 15 is 0 Å². The summed E-state index contributed by atoms with van der Waals surface area (Å²) in [7, 11) is 0. The van der Waals surface area contributed by atoms with Crippen LogP contribution in [0.3, 0.4) is 0 Å². The van der Waals surface area contributed by atoms with E-state index in [1.54, 1.807) is 0 Å². The van der Waals surface area contributed by atoms with Gasteiger partial charge in [0.15, 0.2) is 0 Å². The van der Waals surface area contributed by atoms with Crippen LogP contribution in [-0.2, 0) is 16.0 Å². The third-order valence-corrected chi connectivity index (χ3v) is 5.97. The van der Waals surface area contributed by atoms with E-state index in [2.05, 4.69) is 24.3 Å². The minimum atomic E-state index is -1.03. The van der Waals surface area contributed by atoms with Crippen molar-refractivity contribution in [2.24, 2.45) is 0 Å². The van der Waals surface area contributed by atoms with Crippen molar-refractivity contribution in [3.05, 3.63) is 95.6 Å². The number of nitrogens with zero attached hydrogens (tertiary/aromatic N) is 1. The summed E-state index contributed by atoms with van der Waals surface area (Å²) in [4.78, 5) is 26.5. The summed E-state index contributed by atoms with van der Waals surface area (Å²) in [5.41, 5.74) is 5.43. The highest BCUT2D eigenvalue weighted by Gasteiger charge is 2.33. The maximum Gasteiger partial charge on any atom is 0.410 e. The van der Waals surface area contributed by atoms with Gasteiger partial charge in [-0.2, -0.15) is 0 Å². The molecule has 3 aromatic carbocycles. The first-order valence-electron chi connectivity index (χ1n) is 11.0. The highest BCUT2D eigenvalue weighted by Crippen LogP contribution is 2.44. The molecule has 1 atom stereocenters. The van der Waals surface area contributed by atoms with Crippen molar-refractivity contribution in [3.8, 4) is 11.1 Å². The zero-order valence-electron chi connectivity index (χ0n) is 18.1. The largest absolute Gasteiger partial charge is 0.480 e. The highest BCUT2D eigenvalue weighted by atomic mass is 16.6. The predicted molar refractivity (Wildman–Crippen MR) is 124 cm³/mol. The summed E-state index contributed by atoms with van der Waals surface area (Å²) in [5, 5.41) is 9.87. The van der Waals surface area contributed by atoms with Crippen LogP contribution in [0, 0.1) is 0 Å². The number of aliphatic carboxylic acids is 1. The van der Waals surface area contributed by atoms with Crippen LogP contribution in [0.2, 0.25) is 0 Å². The first-order chi connectivity index (χ1) is 15.6. The van der Waals surface area contributed by atoms with E-state index in [4.69, 9.17) is 4.74 Å². The van der Waals surface area contributed by atoms with Crippen molar-refractivity contribution in [2.75, 3.05) is 13.2 Å². The number of fused-ring (bicyclic) bond motifs is 3. The normalized spacial score (nSPS) is 13.2. The Balaban J connectivity index is 1.53. The van der Waals surface area contributed by atoms with Crippen LogP contribution < -0.4 is 0 Å². The average molecular weight is 430 g/mol. The van der Waals surface area contributed by atoms with Crippen molar-refractivity contribution < 1.29 is 19.4 Å². The zero-order valence-corrected chi connectivity index (χ0v) is 18.1. The fourth-order valence-electron chi connectivity index (χ4n) is 4.46. The first-order valence-corrected chi connectivity index (χ1v) is 11.0. The predicted octanol–water partition coefficient (Wildman–Crippen LogP) is 5.34. The van der Waals surface area contributed by atoms with Crippen LogP contribution >= 0.6 is 0 Å². The SMILES string of the molecule is CCCN(C(=O)OCC1c2ccccc2-c2ccccc21)[C@H](Cc1ccccc1)C(=O)O. The Morgan fingerprint density at radius 2 is 1.47 bits per heavy atom. The molecule has 0 heterocycles. The topological polar surface area (TPSA) is 66.8 Å². The summed E-state index contributed by atoms with van der Waals surface area (Å²) < 4.78 is 5.75. The molecule has 0 unspecified atom stereocenters. The van der Waals surface area contributed by atoms with Gasteiger partial charge in [0, 0.05) is 18.9 Å². The molecule has 1 aliphatic carbocycles. The van der Waals surface area contributed by atoms with E-state index in [0.29, 0.717) is 13.0 Å². The number of amides is 1. The van der Waals surface area contributed by atoms with Gasteiger partial charge >= 0.3 is 12.1 Å². The summed E-state index contributed by atoms with van der Waals surface area (Å²) >= 11 is 0. The molecule has 1 N–H and O–H groups in total. The maximum absolute atomic E-state index is 13.1. The molecule has 5 nitrogen and oxygen atoms in total. The molecule has 1 amide bonds.